The Balaban J connectivity index is 4.41. The number of hydrogen-bond acceptors (Lipinski definition) is 2. The van der Waals surface area contributed by atoms with Crippen LogP contribution in [-0.2, 0) is 3.79 Å². The van der Waals surface area contributed by atoms with Crippen molar-refractivity contribution in [1.82, 2.24) is 4.90 Å². The standard InChI is InChI=1S/C10H22NO.2C2H5.Al/c1-4-7-10(12)11(8-5-2)9-6-3;2*1-2;/h10H,4-9H2,1-3H3;2*1H2,2H3;/q-1;;;+1. The van der Waals surface area contributed by atoms with Crippen LogP contribution in [0.25, 0.3) is 0 Å². The van der Waals surface area contributed by atoms with Crippen molar-refractivity contribution in [2.24, 2.45) is 0 Å². The van der Waals surface area contributed by atoms with Crippen LogP contribution in [0.3, 0.4) is 0 Å². The average Bonchev–Trinajstić information content (AvgIpc) is 2.34. The lowest BCUT2D eigenvalue weighted by Gasteiger charge is -2.33. The van der Waals surface area contributed by atoms with Crippen molar-refractivity contribution < 1.29 is 3.79 Å². The molecule has 1 unspecified atom stereocenters. The molecule has 0 rings (SSSR count). The van der Waals surface area contributed by atoms with Gasteiger partial charge in [0.15, 0.2) is 0 Å². The molecule has 0 spiro atoms. The Labute approximate surface area is 113 Å². The van der Waals surface area contributed by atoms with E-state index in [2.05, 4.69) is 39.5 Å². The van der Waals surface area contributed by atoms with Crippen molar-refractivity contribution >= 4 is 14.5 Å². The van der Waals surface area contributed by atoms with Gasteiger partial charge in [-0.3, -0.25) is 4.90 Å². The molecule has 0 aromatic carbocycles. The van der Waals surface area contributed by atoms with Crippen molar-refractivity contribution in [2.75, 3.05) is 13.1 Å². The van der Waals surface area contributed by atoms with E-state index >= 15 is 0 Å². The molecule has 0 aromatic rings. The summed E-state index contributed by atoms with van der Waals surface area (Å²) < 4.78 is 6.42. The van der Waals surface area contributed by atoms with Crippen LogP contribution in [0.5, 0.6) is 0 Å². The van der Waals surface area contributed by atoms with Crippen LogP contribution >= 0.6 is 0 Å². The zero-order valence-corrected chi connectivity index (χ0v) is 13.8. The highest BCUT2D eigenvalue weighted by Gasteiger charge is 2.23. The maximum atomic E-state index is 6.42. The van der Waals surface area contributed by atoms with Crippen molar-refractivity contribution in [2.45, 2.75) is 77.1 Å². The molecule has 0 N–H and O–H groups in total. The molecular weight excluding hydrogens is 225 g/mol. The van der Waals surface area contributed by atoms with E-state index in [4.69, 9.17) is 3.79 Å². The second kappa shape index (κ2) is 11.5. The topological polar surface area (TPSA) is 12.5 Å². The van der Waals surface area contributed by atoms with Gasteiger partial charge in [0.25, 0.3) is 0 Å². The van der Waals surface area contributed by atoms with Gasteiger partial charge in [-0.05, 0) is 19.3 Å². The summed E-state index contributed by atoms with van der Waals surface area (Å²) in [6.07, 6.45) is 5.28. The molecule has 0 amide bonds. The van der Waals surface area contributed by atoms with Crippen LogP contribution in [-0.4, -0.2) is 38.7 Å². The molecule has 0 heterocycles. The second-order valence-corrected chi connectivity index (χ2v) is 8.00. The summed E-state index contributed by atoms with van der Waals surface area (Å²) in [4.78, 5) is 2.56. The van der Waals surface area contributed by atoms with Crippen LogP contribution in [0, 0.1) is 0 Å². The first-order chi connectivity index (χ1) is 8.23. The van der Waals surface area contributed by atoms with Gasteiger partial charge in [0.2, 0.25) is 0 Å². The third-order valence-electron chi connectivity index (χ3n) is 3.22. The first-order valence-electron chi connectivity index (χ1n) is 7.62. The fourth-order valence-electron chi connectivity index (χ4n) is 2.26. The van der Waals surface area contributed by atoms with Gasteiger partial charge in [0.05, 0.1) is 6.23 Å². The summed E-state index contributed by atoms with van der Waals surface area (Å²) in [6.45, 7) is 13.7. The molecule has 0 aliphatic rings. The summed E-state index contributed by atoms with van der Waals surface area (Å²) in [5, 5.41) is 2.53. The highest BCUT2D eigenvalue weighted by Crippen LogP contribution is 2.14. The van der Waals surface area contributed by atoms with Crippen LogP contribution in [0.15, 0.2) is 0 Å². The van der Waals surface area contributed by atoms with E-state index in [1.54, 1.807) is 0 Å². The summed E-state index contributed by atoms with van der Waals surface area (Å²) >= 11 is -0.929. The van der Waals surface area contributed by atoms with Gasteiger partial charge in [-0.25, -0.2) is 0 Å². The molecule has 2 nitrogen and oxygen atoms in total. The molecule has 17 heavy (non-hydrogen) atoms. The molecule has 0 aromatic heterocycles. The van der Waals surface area contributed by atoms with E-state index < -0.39 is 14.5 Å². The SMILES string of the molecule is CCCC([O][Al]([CH2]C)[CH2]C)N(CCC)CCC. The third-order valence-corrected chi connectivity index (χ3v) is 5.75. The van der Waals surface area contributed by atoms with Gasteiger partial charge in [-0.1, -0.05) is 51.6 Å². The third kappa shape index (κ3) is 7.47. The normalized spacial score (nSPS) is 13.1. The molecule has 0 saturated heterocycles. The smallest absolute Gasteiger partial charge is 0.461 e. The largest absolute Gasteiger partial charge is 0.487 e. The van der Waals surface area contributed by atoms with E-state index in [1.165, 1.54) is 49.3 Å². The number of nitrogens with zero attached hydrogens (tertiary/aromatic N) is 1. The molecule has 0 aliphatic heterocycles. The Bertz CT molecular complexity index is 156. The van der Waals surface area contributed by atoms with E-state index in [0.29, 0.717) is 6.23 Å². The highest BCUT2D eigenvalue weighted by molar-refractivity contribution is 6.51. The van der Waals surface area contributed by atoms with E-state index in [0.717, 1.165) is 0 Å². The summed E-state index contributed by atoms with van der Waals surface area (Å²) in [6, 6.07) is 0. The zero-order valence-electron chi connectivity index (χ0n) is 12.7. The Morgan fingerprint density at radius 2 is 1.41 bits per heavy atom. The summed E-state index contributed by atoms with van der Waals surface area (Å²) in [5.74, 6) is 0. The van der Waals surface area contributed by atoms with Crippen molar-refractivity contribution in [3.8, 4) is 0 Å². The fraction of sp³-hybridized carbons (Fsp3) is 1.00. The zero-order chi connectivity index (χ0) is 13.1. The van der Waals surface area contributed by atoms with Gasteiger partial charge >= 0.3 is 14.5 Å². The quantitative estimate of drug-likeness (QED) is 0.404. The first kappa shape index (κ1) is 17.5. The van der Waals surface area contributed by atoms with Crippen LogP contribution in [0.2, 0.25) is 10.6 Å². The van der Waals surface area contributed by atoms with Crippen LogP contribution in [0.4, 0.5) is 0 Å². The predicted octanol–water partition coefficient (Wildman–Crippen LogP) is 4.28. The lowest BCUT2D eigenvalue weighted by Crippen LogP contribution is -2.41. The minimum Gasteiger partial charge on any atom is -0.487 e. The highest BCUT2D eigenvalue weighted by atomic mass is 27.2. The van der Waals surface area contributed by atoms with Gasteiger partial charge in [0.1, 0.15) is 0 Å². The van der Waals surface area contributed by atoms with E-state index in [1.807, 2.05) is 0 Å². The molecule has 0 fully saturated rings. The van der Waals surface area contributed by atoms with Crippen LogP contribution in [0.1, 0.15) is 60.3 Å². The Morgan fingerprint density at radius 1 is 0.882 bits per heavy atom. The van der Waals surface area contributed by atoms with Gasteiger partial charge in [0, 0.05) is 13.1 Å². The minimum atomic E-state index is -0.929. The van der Waals surface area contributed by atoms with Crippen molar-refractivity contribution in [3.05, 3.63) is 0 Å². The monoisotopic (exact) mass is 257 g/mol. The van der Waals surface area contributed by atoms with Gasteiger partial charge in [-0.15, -0.1) is 0 Å². The Hall–Kier alpha value is 0.452. The molecular formula is C14H32AlNO. The van der Waals surface area contributed by atoms with Crippen molar-refractivity contribution in [3.63, 3.8) is 0 Å². The number of rotatable bonds is 11. The van der Waals surface area contributed by atoms with Gasteiger partial charge < -0.3 is 3.79 Å². The lowest BCUT2D eigenvalue weighted by atomic mass is 10.2. The van der Waals surface area contributed by atoms with Gasteiger partial charge in [-0.2, -0.15) is 0 Å². The second-order valence-electron chi connectivity index (χ2n) is 4.85. The van der Waals surface area contributed by atoms with E-state index in [9.17, 15) is 0 Å². The summed E-state index contributed by atoms with van der Waals surface area (Å²) in [7, 11) is 0. The first-order valence-corrected chi connectivity index (χ1v) is 9.73. The predicted molar refractivity (Wildman–Crippen MR) is 78.7 cm³/mol. The molecule has 0 saturated carbocycles. The molecule has 0 aliphatic carbocycles. The Kier molecular flexibility index (Phi) is 11.8. The lowest BCUT2D eigenvalue weighted by molar-refractivity contribution is 0.0151. The average molecular weight is 257 g/mol. The minimum absolute atomic E-state index is 0.400. The molecule has 0 bridgehead atoms. The van der Waals surface area contributed by atoms with Crippen LogP contribution < -0.4 is 0 Å². The molecule has 3 heteroatoms. The maximum Gasteiger partial charge on any atom is 0.461 e. The van der Waals surface area contributed by atoms with Crippen molar-refractivity contribution in [1.29, 1.82) is 0 Å². The molecule has 102 valence electrons. The molecule has 0 radical (unpaired) electrons. The molecule has 1 atom stereocenters. The fourth-order valence-corrected chi connectivity index (χ4v) is 3.98. The maximum absolute atomic E-state index is 6.42. The van der Waals surface area contributed by atoms with E-state index in [-0.39, 0.29) is 0 Å². The Morgan fingerprint density at radius 3 is 1.76 bits per heavy atom. The number of hydrogen-bond donors (Lipinski definition) is 0. The summed E-state index contributed by atoms with van der Waals surface area (Å²) in [5.41, 5.74) is 0.